The first-order chi connectivity index (χ1) is 6.03. The van der Waals surface area contributed by atoms with Crippen LogP contribution in [0.3, 0.4) is 0 Å². The van der Waals surface area contributed by atoms with Crippen LogP contribution >= 0.6 is 11.8 Å². The number of thioether (sulfide) groups is 1. The number of rotatable bonds is 4. The summed E-state index contributed by atoms with van der Waals surface area (Å²) in [7, 11) is -2.73. The molecule has 2 atom stereocenters. The molecule has 1 aliphatic rings. The molecule has 0 bridgehead atoms. The van der Waals surface area contributed by atoms with E-state index in [1.807, 2.05) is 6.92 Å². The van der Waals surface area contributed by atoms with Gasteiger partial charge in [-0.25, -0.2) is 8.42 Å². The molecule has 1 rings (SSSR count). The van der Waals surface area contributed by atoms with Crippen LogP contribution in [0.4, 0.5) is 0 Å². The maximum Gasteiger partial charge on any atom is 0.151 e. The first-order valence-electron chi connectivity index (χ1n) is 4.46. The van der Waals surface area contributed by atoms with Crippen molar-refractivity contribution in [1.82, 2.24) is 0 Å². The molecule has 1 heterocycles. The normalized spacial score (nSPS) is 28.9. The topological polar surface area (TPSA) is 54.4 Å². The van der Waals surface area contributed by atoms with Gasteiger partial charge < -0.3 is 5.11 Å². The summed E-state index contributed by atoms with van der Waals surface area (Å²) in [4.78, 5) is 0. The largest absolute Gasteiger partial charge is 0.396 e. The van der Waals surface area contributed by atoms with Crippen LogP contribution < -0.4 is 0 Å². The highest BCUT2D eigenvalue weighted by atomic mass is 32.2. The highest BCUT2D eigenvalue weighted by Crippen LogP contribution is 2.25. The van der Waals surface area contributed by atoms with Crippen LogP contribution in [0, 0.1) is 5.92 Å². The maximum atomic E-state index is 11.1. The Morgan fingerprint density at radius 1 is 1.62 bits per heavy atom. The van der Waals surface area contributed by atoms with Crippen molar-refractivity contribution < 1.29 is 13.5 Å². The number of hydrogen-bond donors (Lipinski definition) is 1. The first kappa shape index (κ1) is 11.3. The first-order valence-corrected chi connectivity index (χ1v) is 7.33. The zero-order chi connectivity index (χ0) is 9.90. The van der Waals surface area contributed by atoms with Crippen LogP contribution in [0.25, 0.3) is 0 Å². The Balaban J connectivity index is 2.25. The number of aliphatic hydroxyl groups excluding tert-OH is 1. The summed E-state index contributed by atoms with van der Waals surface area (Å²) in [5.41, 5.74) is 0. The van der Waals surface area contributed by atoms with E-state index >= 15 is 0 Å². The van der Waals surface area contributed by atoms with Gasteiger partial charge in [0.05, 0.1) is 11.5 Å². The molecule has 0 aromatic heterocycles. The lowest BCUT2D eigenvalue weighted by atomic mass is 10.2. The zero-order valence-corrected chi connectivity index (χ0v) is 9.40. The second-order valence-corrected chi connectivity index (χ2v) is 7.21. The van der Waals surface area contributed by atoms with E-state index in [-0.39, 0.29) is 17.8 Å². The summed E-state index contributed by atoms with van der Waals surface area (Å²) in [5.74, 6) is 1.80. The summed E-state index contributed by atoms with van der Waals surface area (Å²) in [5, 5.41) is 9.04. The molecule has 0 saturated carbocycles. The third kappa shape index (κ3) is 3.87. The molecule has 5 heteroatoms. The van der Waals surface area contributed by atoms with E-state index in [0.29, 0.717) is 11.5 Å². The SMILES string of the molecule is CC(CO)CSC1CCS(=O)(=O)C1. The predicted octanol–water partition coefficient (Wildman–Crippen LogP) is 0.535. The molecule has 78 valence electrons. The van der Waals surface area contributed by atoms with E-state index in [1.165, 1.54) is 0 Å². The molecule has 0 spiro atoms. The Bertz CT molecular complexity index is 248. The lowest BCUT2D eigenvalue weighted by Crippen LogP contribution is -2.11. The van der Waals surface area contributed by atoms with Gasteiger partial charge in [0.1, 0.15) is 0 Å². The fourth-order valence-electron chi connectivity index (χ4n) is 1.25. The average molecular weight is 224 g/mol. The lowest BCUT2D eigenvalue weighted by Gasteiger charge is -2.10. The van der Waals surface area contributed by atoms with Gasteiger partial charge in [-0.2, -0.15) is 11.8 Å². The molecule has 0 radical (unpaired) electrons. The van der Waals surface area contributed by atoms with E-state index in [0.717, 1.165) is 12.2 Å². The molecule has 0 aliphatic carbocycles. The molecule has 1 fully saturated rings. The van der Waals surface area contributed by atoms with Crippen molar-refractivity contribution in [2.45, 2.75) is 18.6 Å². The molecule has 13 heavy (non-hydrogen) atoms. The molecule has 2 unspecified atom stereocenters. The minimum Gasteiger partial charge on any atom is -0.396 e. The van der Waals surface area contributed by atoms with E-state index in [9.17, 15) is 8.42 Å². The van der Waals surface area contributed by atoms with Crippen LogP contribution in [0.2, 0.25) is 0 Å². The minimum atomic E-state index is -2.73. The summed E-state index contributed by atoms with van der Waals surface area (Å²) in [6, 6.07) is 0. The third-order valence-corrected chi connectivity index (χ3v) is 5.73. The Morgan fingerprint density at radius 3 is 2.77 bits per heavy atom. The fourth-order valence-corrected chi connectivity index (χ4v) is 4.94. The zero-order valence-electron chi connectivity index (χ0n) is 7.77. The molecule has 1 aliphatic heterocycles. The van der Waals surface area contributed by atoms with Gasteiger partial charge in [0, 0.05) is 11.9 Å². The Morgan fingerprint density at radius 2 is 2.31 bits per heavy atom. The summed E-state index contributed by atoms with van der Waals surface area (Å²) in [6.07, 6.45) is 0.783. The van der Waals surface area contributed by atoms with Crippen molar-refractivity contribution in [2.75, 3.05) is 23.9 Å². The highest BCUT2D eigenvalue weighted by Gasteiger charge is 2.28. The van der Waals surface area contributed by atoms with Crippen molar-refractivity contribution in [1.29, 1.82) is 0 Å². The smallest absolute Gasteiger partial charge is 0.151 e. The molecule has 1 saturated heterocycles. The van der Waals surface area contributed by atoms with E-state index in [4.69, 9.17) is 5.11 Å². The third-order valence-electron chi connectivity index (χ3n) is 2.12. The monoisotopic (exact) mass is 224 g/mol. The van der Waals surface area contributed by atoms with Crippen LogP contribution in [0.5, 0.6) is 0 Å². The molecule has 0 aromatic rings. The molecular weight excluding hydrogens is 208 g/mol. The van der Waals surface area contributed by atoms with Gasteiger partial charge in [0.25, 0.3) is 0 Å². The molecule has 0 amide bonds. The van der Waals surface area contributed by atoms with Crippen LogP contribution in [0.1, 0.15) is 13.3 Å². The lowest BCUT2D eigenvalue weighted by molar-refractivity contribution is 0.250. The van der Waals surface area contributed by atoms with Crippen LogP contribution in [-0.2, 0) is 9.84 Å². The van der Waals surface area contributed by atoms with Crippen LogP contribution in [-0.4, -0.2) is 42.6 Å². The quantitative estimate of drug-likeness (QED) is 0.757. The number of sulfone groups is 1. The minimum absolute atomic E-state index is 0.187. The van der Waals surface area contributed by atoms with Gasteiger partial charge in [0.2, 0.25) is 0 Å². The second-order valence-electron chi connectivity index (χ2n) is 3.65. The summed E-state index contributed by atoms with van der Waals surface area (Å²) >= 11 is 1.68. The van der Waals surface area contributed by atoms with Crippen molar-refractivity contribution in [3.8, 4) is 0 Å². The Kier molecular flexibility index (Phi) is 4.06. The van der Waals surface area contributed by atoms with Gasteiger partial charge in [-0.15, -0.1) is 0 Å². The molecule has 3 nitrogen and oxygen atoms in total. The van der Waals surface area contributed by atoms with E-state index in [2.05, 4.69) is 0 Å². The number of hydrogen-bond acceptors (Lipinski definition) is 4. The van der Waals surface area contributed by atoms with Crippen molar-refractivity contribution in [3.63, 3.8) is 0 Å². The van der Waals surface area contributed by atoms with Gasteiger partial charge >= 0.3 is 0 Å². The standard InChI is InChI=1S/C8H16O3S2/c1-7(4-9)5-12-8-2-3-13(10,11)6-8/h7-9H,2-6H2,1H3. The highest BCUT2D eigenvalue weighted by molar-refractivity contribution is 8.01. The second kappa shape index (κ2) is 4.66. The predicted molar refractivity (Wildman–Crippen MR) is 55.8 cm³/mol. The van der Waals surface area contributed by atoms with Crippen molar-refractivity contribution in [3.05, 3.63) is 0 Å². The Hall–Kier alpha value is 0.260. The molecular formula is C8H16O3S2. The number of aliphatic hydroxyl groups is 1. The fraction of sp³-hybridized carbons (Fsp3) is 1.00. The maximum absolute atomic E-state index is 11.1. The van der Waals surface area contributed by atoms with E-state index < -0.39 is 9.84 Å². The van der Waals surface area contributed by atoms with Gasteiger partial charge in [-0.05, 0) is 18.1 Å². The summed E-state index contributed by atoms with van der Waals surface area (Å²) < 4.78 is 22.2. The van der Waals surface area contributed by atoms with Gasteiger partial charge in [0.15, 0.2) is 9.84 Å². The summed E-state index contributed by atoms with van der Waals surface area (Å²) in [6.45, 7) is 2.16. The van der Waals surface area contributed by atoms with Gasteiger partial charge in [-0.1, -0.05) is 6.92 Å². The van der Waals surface area contributed by atoms with Crippen molar-refractivity contribution >= 4 is 21.6 Å². The van der Waals surface area contributed by atoms with Gasteiger partial charge in [-0.3, -0.25) is 0 Å². The van der Waals surface area contributed by atoms with Crippen molar-refractivity contribution in [2.24, 2.45) is 5.92 Å². The Labute approximate surface area is 83.8 Å². The van der Waals surface area contributed by atoms with Crippen LogP contribution in [0.15, 0.2) is 0 Å². The molecule has 0 aromatic carbocycles. The average Bonchev–Trinajstić information content (AvgIpc) is 2.41. The molecule has 1 N–H and O–H groups in total. The van der Waals surface area contributed by atoms with E-state index in [1.54, 1.807) is 11.8 Å².